The van der Waals surface area contributed by atoms with Crippen LogP contribution in [0.2, 0.25) is 0 Å². The number of likely N-dealkylation sites (tertiary alicyclic amines) is 1. The van der Waals surface area contributed by atoms with Gasteiger partial charge < -0.3 is 10.2 Å². The molecule has 2 heterocycles. The maximum atomic E-state index is 13.2. The van der Waals surface area contributed by atoms with Crippen LogP contribution in [0.1, 0.15) is 54.1 Å². The van der Waals surface area contributed by atoms with Gasteiger partial charge in [0.1, 0.15) is 0 Å². The highest BCUT2D eigenvalue weighted by atomic mass is 32.1. The highest BCUT2D eigenvalue weighted by molar-refractivity contribution is 7.13. The molecule has 26 heavy (non-hydrogen) atoms. The Morgan fingerprint density at radius 2 is 2.04 bits per heavy atom. The maximum absolute atomic E-state index is 13.2. The van der Waals surface area contributed by atoms with Crippen molar-refractivity contribution in [3.63, 3.8) is 0 Å². The van der Waals surface area contributed by atoms with Crippen molar-refractivity contribution in [2.75, 3.05) is 20.6 Å². The quantitative estimate of drug-likeness (QED) is 0.858. The Balaban J connectivity index is 1.78. The molecule has 3 atom stereocenters. The molecule has 1 aliphatic heterocycles. The lowest BCUT2D eigenvalue weighted by atomic mass is 9.92. The first-order chi connectivity index (χ1) is 12.2. The van der Waals surface area contributed by atoms with Crippen molar-refractivity contribution in [1.82, 2.24) is 15.1 Å². The van der Waals surface area contributed by atoms with Gasteiger partial charge in [0.15, 0.2) is 0 Å². The number of aryl methyl sites for hydroxylation is 1. The van der Waals surface area contributed by atoms with Gasteiger partial charge in [0, 0.05) is 11.4 Å². The van der Waals surface area contributed by atoms with E-state index in [0.717, 1.165) is 42.0 Å². The van der Waals surface area contributed by atoms with Crippen LogP contribution in [0.25, 0.3) is 0 Å². The summed E-state index contributed by atoms with van der Waals surface area (Å²) in [6.07, 6.45) is 3.86. The van der Waals surface area contributed by atoms with Gasteiger partial charge in [0.2, 0.25) is 5.91 Å². The van der Waals surface area contributed by atoms with Gasteiger partial charge in [-0.3, -0.25) is 14.5 Å². The van der Waals surface area contributed by atoms with Crippen LogP contribution in [0.15, 0.2) is 12.1 Å². The molecule has 2 unspecified atom stereocenters. The van der Waals surface area contributed by atoms with E-state index in [9.17, 15) is 9.59 Å². The minimum Gasteiger partial charge on any atom is -0.344 e. The SMILES string of the molecule is Cc1ccc(C(=O)NC23CCCC2N(C(=O)[C@@H](C(C)C)N(C)C)CC3)s1. The minimum atomic E-state index is -0.252. The predicted molar refractivity (Wildman–Crippen MR) is 106 cm³/mol. The molecule has 0 aromatic carbocycles. The van der Waals surface area contributed by atoms with Crippen molar-refractivity contribution in [3.8, 4) is 0 Å². The molecule has 144 valence electrons. The minimum absolute atomic E-state index is 0.0114. The maximum Gasteiger partial charge on any atom is 0.261 e. The van der Waals surface area contributed by atoms with Crippen LogP contribution in [-0.2, 0) is 4.79 Å². The molecule has 0 spiro atoms. The van der Waals surface area contributed by atoms with E-state index >= 15 is 0 Å². The standard InChI is InChI=1S/C20H31N3O2S/c1-13(2)17(22(4)5)19(25)23-12-11-20(10-6-7-16(20)23)21-18(24)15-9-8-14(3)26-15/h8-9,13,16-17H,6-7,10-12H2,1-5H3,(H,21,24)/t16?,17-,20?/m1/s1. The van der Waals surface area contributed by atoms with Crippen LogP contribution in [-0.4, -0.2) is 59.9 Å². The Morgan fingerprint density at radius 3 is 2.62 bits per heavy atom. The molecule has 2 aliphatic rings. The molecule has 0 bridgehead atoms. The van der Waals surface area contributed by atoms with Gasteiger partial charge in [0.25, 0.3) is 5.91 Å². The van der Waals surface area contributed by atoms with Gasteiger partial charge in [-0.15, -0.1) is 11.3 Å². The largest absolute Gasteiger partial charge is 0.344 e. The average Bonchev–Trinajstić information content (AvgIpc) is 3.20. The third kappa shape index (κ3) is 3.41. The summed E-state index contributed by atoms with van der Waals surface area (Å²) >= 11 is 1.53. The predicted octanol–water partition coefficient (Wildman–Crippen LogP) is 2.90. The van der Waals surface area contributed by atoms with Gasteiger partial charge in [-0.1, -0.05) is 13.8 Å². The highest BCUT2D eigenvalue weighted by Gasteiger charge is 2.53. The highest BCUT2D eigenvalue weighted by Crippen LogP contribution is 2.42. The summed E-state index contributed by atoms with van der Waals surface area (Å²) in [5.74, 6) is 0.481. The van der Waals surface area contributed by atoms with Crippen molar-refractivity contribution in [3.05, 3.63) is 21.9 Å². The summed E-state index contributed by atoms with van der Waals surface area (Å²) in [4.78, 5) is 32.0. The number of amides is 2. The summed E-state index contributed by atoms with van der Waals surface area (Å²) in [6, 6.07) is 3.90. The Kier molecular flexibility index (Phi) is 5.45. The molecule has 3 rings (SSSR count). The lowest BCUT2D eigenvalue weighted by molar-refractivity contribution is -0.138. The smallest absolute Gasteiger partial charge is 0.261 e. The normalized spacial score (nSPS) is 26.4. The summed E-state index contributed by atoms with van der Waals surface area (Å²) in [5.41, 5.74) is -0.252. The van der Waals surface area contributed by atoms with Crippen LogP contribution in [0.4, 0.5) is 0 Å². The molecule has 5 nitrogen and oxygen atoms in total. The van der Waals surface area contributed by atoms with Gasteiger partial charge in [-0.05, 0) is 64.8 Å². The second-order valence-electron chi connectivity index (χ2n) is 8.36. The summed E-state index contributed by atoms with van der Waals surface area (Å²) in [7, 11) is 3.95. The Bertz CT molecular complexity index is 676. The van der Waals surface area contributed by atoms with Crippen LogP contribution < -0.4 is 5.32 Å². The van der Waals surface area contributed by atoms with Crippen molar-refractivity contribution >= 4 is 23.2 Å². The topological polar surface area (TPSA) is 52.7 Å². The lowest BCUT2D eigenvalue weighted by Gasteiger charge is -2.37. The van der Waals surface area contributed by atoms with E-state index in [1.165, 1.54) is 11.3 Å². The first kappa shape index (κ1) is 19.4. The number of fused-ring (bicyclic) bond motifs is 1. The Hall–Kier alpha value is -1.40. The second kappa shape index (κ2) is 7.31. The van der Waals surface area contributed by atoms with Gasteiger partial charge >= 0.3 is 0 Å². The fraction of sp³-hybridized carbons (Fsp3) is 0.700. The van der Waals surface area contributed by atoms with E-state index < -0.39 is 0 Å². The number of likely N-dealkylation sites (N-methyl/N-ethyl adjacent to an activating group) is 1. The average molecular weight is 378 g/mol. The molecule has 1 aromatic rings. The molecule has 1 N–H and O–H groups in total. The summed E-state index contributed by atoms with van der Waals surface area (Å²) in [6.45, 7) is 6.95. The van der Waals surface area contributed by atoms with Crippen molar-refractivity contribution < 1.29 is 9.59 Å². The fourth-order valence-corrected chi connectivity index (χ4v) is 5.63. The molecule has 1 aromatic heterocycles. The van der Waals surface area contributed by atoms with E-state index in [-0.39, 0.29) is 35.4 Å². The summed E-state index contributed by atoms with van der Waals surface area (Å²) in [5, 5.41) is 3.33. The zero-order valence-corrected chi connectivity index (χ0v) is 17.4. The lowest BCUT2D eigenvalue weighted by Crippen LogP contribution is -2.57. The molecular formula is C20H31N3O2S. The number of carbonyl (C=O) groups is 2. The first-order valence-corrected chi connectivity index (χ1v) is 10.4. The monoisotopic (exact) mass is 377 g/mol. The number of thiophene rings is 1. The molecule has 2 fully saturated rings. The second-order valence-corrected chi connectivity index (χ2v) is 9.65. The fourth-order valence-electron chi connectivity index (χ4n) is 4.86. The number of nitrogens with zero attached hydrogens (tertiary/aromatic N) is 2. The number of carbonyl (C=O) groups excluding carboxylic acids is 2. The van der Waals surface area contributed by atoms with Gasteiger partial charge in [-0.2, -0.15) is 0 Å². The number of hydrogen-bond donors (Lipinski definition) is 1. The van der Waals surface area contributed by atoms with Gasteiger partial charge in [-0.25, -0.2) is 0 Å². The molecular weight excluding hydrogens is 346 g/mol. The number of rotatable bonds is 5. The number of hydrogen-bond acceptors (Lipinski definition) is 4. The Labute approximate surface area is 160 Å². The van der Waals surface area contributed by atoms with Crippen molar-refractivity contribution in [2.24, 2.45) is 5.92 Å². The van der Waals surface area contributed by atoms with E-state index in [2.05, 4.69) is 24.1 Å². The third-order valence-corrected chi connectivity index (χ3v) is 6.96. The van der Waals surface area contributed by atoms with E-state index in [0.29, 0.717) is 0 Å². The molecule has 6 heteroatoms. The van der Waals surface area contributed by atoms with E-state index in [1.54, 1.807) is 0 Å². The molecule has 2 amide bonds. The van der Waals surface area contributed by atoms with Crippen LogP contribution >= 0.6 is 11.3 Å². The van der Waals surface area contributed by atoms with Crippen LogP contribution in [0.3, 0.4) is 0 Å². The molecule has 1 aliphatic carbocycles. The van der Waals surface area contributed by atoms with Crippen LogP contribution in [0.5, 0.6) is 0 Å². The van der Waals surface area contributed by atoms with Crippen LogP contribution in [0, 0.1) is 12.8 Å². The number of nitrogens with one attached hydrogen (secondary N) is 1. The molecule has 1 saturated heterocycles. The molecule has 0 radical (unpaired) electrons. The Morgan fingerprint density at radius 1 is 1.31 bits per heavy atom. The third-order valence-electron chi connectivity index (χ3n) is 5.96. The zero-order valence-electron chi connectivity index (χ0n) is 16.5. The zero-order chi connectivity index (χ0) is 19.1. The van der Waals surface area contributed by atoms with Gasteiger partial charge in [0.05, 0.1) is 22.5 Å². The summed E-state index contributed by atoms with van der Waals surface area (Å²) < 4.78 is 0. The first-order valence-electron chi connectivity index (χ1n) is 9.61. The van der Waals surface area contributed by atoms with Crippen molar-refractivity contribution in [2.45, 2.75) is 64.1 Å². The van der Waals surface area contributed by atoms with E-state index in [1.807, 2.05) is 38.1 Å². The van der Waals surface area contributed by atoms with E-state index in [4.69, 9.17) is 0 Å². The van der Waals surface area contributed by atoms with Crippen molar-refractivity contribution in [1.29, 1.82) is 0 Å². The molecule has 1 saturated carbocycles.